The predicted molar refractivity (Wildman–Crippen MR) is 109 cm³/mol. The summed E-state index contributed by atoms with van der Waals surface area (Å²) in [5.74, 6) is -0.895. The van der Waals surface area contributed by atoms with Crippen LogP contribution in [0.1, 0.15) is 25.0 Å². The first-order chi connectivity index (χ1) is 14.7. The molecular formula is C23H20F3NO4. The number of nitrogens with zero attached hydrogens (tertiary/aromatic N) is 1. The van der Waals surface area contributed by atoms with Gasteiger partial charge in [-0.2, -0.15) is 13.2 Å². The number of hydrogen-bond donors (Lipinski definition) is 0. The highest BCUT2D eigenvalue weighted by Crippen LogP contribution is 2.38. The number of hydrogen-bond acceptors (Lipinski definition) is 4. The van der Waals surface area contributed by atoms with Gasteiger partial charge in [-0.25, -0.2) is 4.79 Å². The summed E-state index contributed by atoms with van der Waals surface area (Å²) in [7, 11) is 1.17. The van der Waals surface area contributed by atoms with Gasteiger partial charge < -0.3 is 9.47 Å². The number of carbonyl (C=O) groups is 2. The van der Waals surface area contributed by atoms with Crippen molar-refractivity contribution in [1.29, 1.82) is 0 Å². The second-order valence-corrected chi connectivity index (χ2v) is 6.67. The molecule has 0 aromatic heterocycles. The summed E-state index contributed by atoms with van der Waals surface area (Å²) in [4.78, 5) is 26.8. The molecule has 31 heavy (non-hydrogen) atoms. The maximum atomic E-state index is 13.3. The van der Waals surface area contributed by atoms with Gasteiger partial charge in [-0.05, 0) is 44.2 Å². The van der Waals surface area contributed by atoms with E-state index in [0.717, 1.165) is 17.0 Å². The number of amides is 1. The molecule has 0 saturated carbocycles. The Morgan fingerprint density at radius 1 is 1.13 bits per heavy atom. The number of ether oxygens (including phenoxy) is 2. The molecule has 0 N–H and O–H groups in total. The van der Waals surface area contributed by atoms with E-state index in [1.807, 2.05) is 6.92 Å². The maximum absolute atomic E-state index is 13.3. The minimum Gasteiger partial charge on any atom is -0.493 e. The van der Waals surface area contributed by atoms with Gasteiger partial charge in [0.15, 0.2) is 0 Å². The van der Waals surface area contributed by atoms with E-state index in [2.05, 4.69) is 0 Å². The van der Waals surface area contributed by atoms with Crippen LogP contribution in [0.15, 0.2) is 65.4 Å². The standard InChI is InChI=1S/C23H20F3NO4/c1-4-31-19-11-6-5-8-15(19)12-18-20(22(29)30-3)14(2)27(21(18)28)17-10-7-9-16(13-17)23(24,25)26/h5-13H,4H2,1-3H3/b18-12-. The van der Waals surface area contributed by atoms with E-state index < -0.39 is 23.6 Å². The average molecular weight is 431 g/mol. The molecule has 1 aliphatic rings. The van der Waals surface area contributed by atoms with Crippen LogP contribution < -0.4 is 9.64 Å². The molecule has 0 saturated heterocycles. The van der Waals surface area contributed by atoms with Crippen LogP contribution in [0.2, 0.25) is 0 Å². The highest BCUT2D eigenvalue weighted by atomic mass is 19.4. The third kappa shape index (κ3) is 4.33. The molecule has 0 fully saturated rings. The van der Waals surface area contributed by atoms with Crippen molar-refractivity contribution in [2.45, 2.75) is 20.0 Å². The Balaban J connectivity index is 2.16. The van der Waals surface area contributed by atoms with Gasteiger partial charge in [0.2, 0.25) is 0 Å². The minimum atomic E-state index is -4.57. The van der Waals surface area contributed by atoms with Crippen LogP contribution in [0.25, 0.3) is 6.08 Å². The molecule has 1 amide bonds. The molecule has 0 spiro atoms. The second kappa shape index (κ2) is 8.67. The number of allylic oxidation sites excluding steroid dienone is 1. The number of alkyl halides is 3. The Morgan fingerprint density at radius 2 is 1.84 bits per heavy atom. The Bertz CT molecular complexity index is 1090. The molecule has 0 aliphatic carbocycles. The number of benzene rings is 2. The summed E-state index contributed by atoms with van der Waals surface area (Å²) in [5, 5.41) is 0. The van der Waals surface area contributed by atoms with Crippen LogP contribution in [0.4, 0.5) is 18.9 Å². The van der Waals surface area contributed by atoms with Crippen molar-refractivity contribution in [3.05, 3.63) is 76.5 Å². The van der Waals surface area contributed by atoms with Crippen LogP contribution in [0.5, 0.6) is 5.75 Å². The fourth-order valence-electron chi connectivity index (χ4n) is 3.35. The molecule has 0 radical (unpaired) electrons. The maximum Gasteiger partial charge on any atom is 0.416 e. The smallest absolute Gasteiger partial charge is 0.416 e. The number of methoxy groups -OCH3 is 1. The number of para-hydroxylation sites is 1. The molecule has 2 aromatic carbocycles. The lowest BCUT2D eigenvalue weighted by molar-refractivity contribution is -0.137. The quantitative estimate of drug-likeness (QED) is 0.495. The molecule has 0 unspecified atom stereocenters. The van der Waals surface area contributed by atoms with E-state index in [1.165, 1.54) is 32.2 Å². The van der Waals surface area contributed by atoms with Crippen molar-refractivity contribution in [3.8, 4) is 5.75 Å². The van der Waals surface area contributed by atoms with Crippen LogP contribution >= 0.6 is 0 Å². The number of rotatable bonds is 5. The minimum absolute atomic E-state index is 0.000205. The van der Waals surface area contributed by atoms with Crippen LogP contribution in [0.3, 0.4) is 0 Å². The van der Waals surface area contributed by atoms with Gasteiger partial charge in [-0.1, -0.05) is 24.3 Å². The molecule has 162 valence electrons. The highest BCUT2D eigenvalue weighted by Gasteiger charge is 2.39. The summed E-state index contributed by atoms with van der Waals surface area (Å²) in [6, 6.07) is 11.3. The van der Waals surface area contributed by atoms with Gasteiger partial charge in [0, 0.05) is 16.9 Å². The lowest BCUT2D eigenvalue weighted by atomic mass is 10.0. The lowest BCUT2D eigenvalue weighted by Gasteiger charge is -2.19. The predicted octanol–water partition coefficient (Wildman–Crippen LogP) is 4.98. The van der Waals surface area contributed by atoms with Crippen LogP contribution in [-0.2, 0) is 20.5 Å². The van der Waals surface area contributed by atoms with Crippen molar-refractivity contribution >= 4 is 23.6 Å². The fourth-order valence-corrected chi connectivity index (χ4v) is 3.35. The molecule has 8 heteroatoms. The Kier molecular flexibility index (Phi) is 6.19. The molecular weight excluding hydrogens is 411 g/mol. The summed E-state index contributed by atoms with van der Waals surface area (Å²) >= 11 is 0. The van der Waals surface area contributed by atoms with E-state index in [4.69, 9.17) is 9.47 Å². The van der Waals surface area contributed by atoms with E-state index in [9.17, 15) is 22.8 Å². The highest BCUT2D eigenvalue weighted by molar-refractivity contribution is 6.23. The first kappa shape index (κ1) is 22.1. The summed E-state index contributed by atoms with van der Waals surface area (Å²) in [6.07, 6.45) is -3.09. The average Bonchev–Trinajstić information content (AvgIpc) is 2.98. The summed E-state index contributed by atoms with van der Waals surface area (Å²) < 4.78 is 49.9. The molecule has 5 nitrogen and oxygen atoms in total. The first-order valence-electron chi connectivity index (χ1n) is 9.43. The largest absolute Gasteiger partial charge is 0.493 e. The SMILES string of the molecule is CCOc1ccccc1/C=C1\C(=O)N(c2cccc(C(F)(F)F)c2)C(C)=C1C(=O)OC. The number of halogens is 3. The zero-order valence-electron chi connectivity index (χ0n) is 17.1. The normalized spacial score (nSPS) is 15.6. The molecule has 0 bridgehead atoms. The number of anilines is 1. The van der Waals surface area contributed by atoms with Crippen molar-refractivity contribution in [2.24, 2.45) is 0 Å². The van der Waals surface area contributed by atoms with Gasteiger partial charge in [-0.3, -0.25) is 9.69 Å². The van der Waals surface area contributed by atoms with Crippen molar-refractivity contribution in [3.63, 3.8) is 0 Å². The van der Waals surface area contributed by atoms with Gasteiger partial charge in [-0.15, -0.1) is 0 Å². The topological polar surface area (TPSA) is 55.8 Å². The summed E-state index contributed by atoms with van der Waals surface area (Å²) in [6.45, 7) is 3.69. The third-order valence-electron chi connectivity index (χ3n) is 4.74. The Hall–Kier alpha value is -3.55. The van der Waals surface area contributed by atoms with E-state index >= 15 is 0 Å². The van der Waals surface area contributed by atoms with Gasteiger partial charge in [0.05, 0.1) is 30.4 Å². The van der Waals surface area contributed by atoms with Gasteiger partial charge in [0.1, 0.15) is 5.75 Å². The Morgan fingerprint density at radius 3 is 2.48 bits per heavy atom. The number of esters is 1. The molecule has 1 aliphatic heterocycles. The summed E-state index contributed by atoms with van der Waals surface area (Å²) in [5.41, 5.74) is -0.182. The molecule has 2 aromatic rings. The Labute approximate surface area is 177 Å². The van der Waals surface area contributed by atoms with Crippen LogP contribution in [0, 0.1) is 0 Å². The van der Waals surface area contributed by atoms with E-state index in [1.54, 1.807) is 24.3 Å². The fraction of sp³-hybridized carbons (Fsp3) is 0.217. The zero-order valence-corrected chi connectivity index (χ0v) is 17.1. The van der Waals surface area contributed by atoms with Gasteiger partial charge in [0.25, 0.3) is 5.91 Å². The zero-order chi connectivity index (χ0) is 22.8. The van der Waals surface area contributed by atoms with E-state index in [0.29, 0.717) is 17.9 Å². The van der Waals surface area contributed by atoms with Gasteiger partial charge >= 0.3 is 12.1 Å². The monoisotopic (exact) mass is 431 g/mol. The van der Waals surface area contributed by atoms with Crippen LogP contribution in [-0.4, -0.2) is 25.6 Å². The second-order valence-electron chi connectivity index (χ2n) is 6.67. The molecule has 0 atom stereocenters. The van der Waals surface area contributed by atoms with Crippen molar-refractivity contribution in [1.82, 2.24) is 0 Å². The number of carbonyl (C=O) groups excluding carboxylic acids is 2. The van der Waals surface area contributed by atoms with Crippen molar-refractivity contribution in [2.75, 3.05) is 18.6 Å². The molecule has 3 rings (SSSR count). The first-order valence-corrected chi connectivity index (χ1v) is 9.43. The lowest BCUT2D eigenvalue weighted by Crippen LogP contribution is -2.25. The third-order valence-corrected chi connectivity index (χ3v) is 4.74. The van der Waals surface area contributed by atoms with E-state index in [-0.39, 0.29) is 22.5 Å². The molecule has 1 heterocycles. The van der Waals surface area contributed by atoms with Crippen molar-refractivity contribution < 1.29 is 32.2 Å².